The third-order valence-electron chi connectivity index (χ3n) is 21.3. The second kappa shape index (κ2) is 42.6. The first kappa shape index (κ1) is 85.9. The Morgan fingerprint density at radius 3 is 0.818 bits per heavy atom. The number of aromatic nitrogens is 12. The Balaban J connectivity index is 0.000000125. The Kier molecular flexibility index (Phi) is 27.7. The van der Waals surface area contributed by atoms with Crippen molar-refractivity contribution >= 4 is 134 Å². The summed E-state index contributed by atoms with van der Waals surface area (Å²) in [6.07, 6.45) is 12.4. The van der Waals surface area contributed by atoms with Crippen LogP contribution in [0.5, 0.6) is 0 Å². The number of pyridine rings is 8. The molecule has 0 fully saturated rings. The smallest absolute Gasteiger partial charge is 0.314 e. The molecule has 0 radical (unpaired) electrons. The number of benzene rings is 12. The Labute approximate surface area is 843 Å². The Hall–Kier alpha value is -12.8. The maximum absolute atomic E-state index is 8.07. The van der Waals surface area contributed by atoms with Gasteiger partial charge >= 0.3 is 84.3 Å². The van der Waals surface area contributed by atoms with Crippen LogP contribution in [0.1, 0.15) is 5.48 Å². The van der Waals surface area contributed by atoms with Crippen LogP contribution in [0.2, 0.25) is 0 Å². The molecule has 0 amide bonds. The molecule has 0 aliphatic rings. The molecule has 0 N–H and O–H groups in total. The van der Waals surface area contributed by atoms with Crippen LogP contribution in [-0.4, -0.2) is 58.1 Å². The first-order valence-electron chi connectivity index (χ1n) is 43.1. The van der Waals surface area contributed by atoms with Crippen molar-refractivity contribution < 1.29 is 89.7 Å². The number of para-hydroxylation sites is 4. The van der Waals surface area contributed by atoms with E-state index in [1.54, 1.807) is 55.0 Å². The first-order valence-corrected chi connectivity index (χ1v) is 44.3. The van der Waals surface area contributed by atoms with E-state index in [9.17, 15) is 0 Å². The van der Waals surface area contributed by atoms with Crippen LogP contribution in [-0.2, 0) is 84.3 Å². The van der Waals surface area contributed by atoms with E-state index in [0.29, 0.717) is 23.2 Å². The van der Waals surface area contributed by atoms with Crippen molar-refractivity contribution in [3.63, 3.8) is 0 Å². The minimum atomic E-state index is 0. The summed E-state index contributed by atoms with van der Waals surface area (Å²) in [6, 6.07) is 144. The van der Waals surface area contributed by atoms with Crippen molar-refractivity contribution in [2.24, 2.45) is 0 Å². The molecular weight excluding hydrogens is 2420 g/mol. The molecule has 24 rings (SSSR count). The van der Waals surface area contributed by atoms with E-state index in [1.807, 2.05) is 189 Å². The molecule has 0 aliphatic heterocycles. The fraction of sp³-hybridized carbons (Fsp3) is 0. The molecule has 24 aromatic rings. The molecule has 0 aliphatic carbocycles. The van der Waals surface area contributed by atoms with Crippen molar-refractivity contribution in [2.45, 2.75) is 39.7 Å². The molecule has 12 aromatic heterocycles. The van der Waals surface area contributed by atoms with Crippen LogP contribution in [0.15, 0.2) is 453 Å². The zero-order valence-corrected chi connectivity index (χ0v) is 81.6. The average Bonchev–Trinajstić information content (AvgIpc) is 1.61. The summed E-state index contributed by atoms with van der Waals surface area (Å²) >= 11 is 5.99. The normalized spacial score (nSPS) is 11.3. The summed E-state index contributed by atoms with van der Waals surface area (Å²) in [5.74, 6) is 3.47. The van der Waals surface area contributed by atoms with Gasteiger partial charge in [-0.1, -0.05) is 209 Å². The second-order valence-electron chi connectivity index (χ2n) is 29.2. The van der Waals surface area contributed by atoms with Gasteiger partial charge in [0.1, 0.15) is 23.3 Å². The van der Waals surface area contributed by atoms with E-state index in [4.69, 9.17) is 5.48 Å². The maximum atomic E-state index is 8.07. The standard InChI is InChI=1S/4C28H17N3S.4Pt/c4*1-2-11-25-23(10-1)24-15-14-21(19-26(24)31(25)27-12-3-5-16-29-27)20-8-7-9-22(18-20)32-28-13-4-6-17-30-28;;;;/h4*1-17H;;;;/q4*-2;4*+2/i17D;13D;6D;4D;;;;. The van der Waals surface area contributed by atoms with Crippen LogP contribution < -0.4 is 0 Å². The number of hydrogen-bond donors (Lipinski definition) is 0. The van der Waals surface area contributed by atoms with Gasteiger partial charge in [-0.25, -0.2) is 84.4 Å². The van der Waals surface area contributed by atoms with E-state index in [-0.39, 0.29) is 90.4 Å². The van der Waals surface area contributed by atoms with Gasteiger partial charge in [-0.2, -0.15) is 121 Å². The predicted octanol–water partition coefficient (Wildman–Crippen LogP) is 28.0. The van der Waals surface area contributed by atoms with Gasteiger partial charge in [0, 0.05) is 71.6 Å². The minimum Gasteiger partial charge on any atom is -0.314 e. The van der Waals surface area contributed by atoms with Gasteiger partial charge in [0.15, 0.2) is 0 Å². The largest absolute Gasteiger partial charge is 2.00 e. The molecule has 12 aromatic carbocycles. The number of nitrogens with zero attached hydrogens (tertiary/aromatic N) is 12. The third kappa shape index (κ3) is 19.7. The van der Waals surface area contributed by atoms with Gasteiger partial charge in [0.2, 0.25) is 0 Å². The maximum Gasteiger partial charge on any atom is 2.00 e. The first-order chi connectivity index (χ1) is 65.1. The fourth-order valence-electron chi connectivity index (χ4n) is 15.7. The van der Waals surface area contributed by atoms with Crippen LogP contribution in [0.3, 0.4) is 0 Å². The SMILES string of the molecule is [2H]c1ccc(Sc2[c-]c(-c3[c-]c4c(cc3)c3ccccc3n4-c3ccccn3)ccc2)nc1.[2H]c1cccc(Sc2[c-]c(-c3[c-]c4c(cc3)c3ccccc3n4-c3ccccn3)ccc2)n1.[2H]c1cccnc1Sc1[c-]c(-c2[c-]c3c(cc2)c2ccccc2n3-c2ccccn2)ccc1.[2H]c1ccnc(Sc2[c-]c(-c3[c-]c4c(cc3)c3ccccc3n4-c3ccccn3)ccc2)c1.[Pt+2].[Pt+2].[Pt+2].[Pt+2]. The van der Waals surface area contributed by atoms with Gasteiger partial charge in [-0.05, 0) is 165 Å². The Bertz CT molecular complexity index is 8150. The molecule has 640 valence electrons. The second-order valence-corrected chi connectivity index (χ2v) is 33.4. The van der Waals surface area contributed by atoms with E-state index in [2.05, 4.69) is 252 Å². The summed E-state index contributed by atoms with van der Waals surface area (Å²) in [4.78, 5) is 39.5. The van der Waals surface area contributed by atoms with Crippen molar-refractivity contribution in [1.29, 1.82) is 0 Å². The van der Waals surface area contributed by atoms with Crippen LogP contribution >= 0.6 is 47.0 Å². The number of fused-ring (bicyclic) bond motifs is 12. The molecule has 0 unspecified atom stereocenters. The quantitative estimate of drug-likeness (QED) is 0.0856. The molecule has 132 heavy (non-hydrogen) atoms. The van der Waals surface area contributed by atoms with Crippen LogP contribution in [0, 0.1) is 48.5 Å². The van der Waals surface area contributed by atoms with Crippen molar-refractivity contribution in [1.82, 2.24) is 58.1 Å². The van der Waals surface area contributed by atoms with Crippen molar-refractivity contribution in [3.05, 3.63) is 462 Å². The molecule has 12 nitrogen and oxygen atoms in total. The molecule has 0 saturated carbocycles. The van der Waals surface area contributed by atoms with Gasteiger partial charge in [0.25, 0.3) is 0 Å². The monoisotopic (exact) mass is 2490 g/mol. The van der Waals surface area contributed by atoms with Crippen LogP contribution in [0.4, 0.5) is 0 Å². The Morgan fingerprint density at radius 1 is 0.197 bits per heavy atom. The molecule has 0 spiro atoms. The summed E-state index contributed by atoms with van der Waals surface area (Å²) in [6.45, 7) is 0. The van der Waals surface area contributed by atoms with Crippen molar-refractivity contribution in [3.8, 4) is 67.8 Å². The molecule has 0 saturated heterocycles. The molecule has 12 heterocycles. The molecule has 20 heteroatoms. The van der Waals surface area contributed by atoms with E-state index < -0.39 is 0 Å². The summed E-state index contributed by atoms with van der Waals surface area (Å²) in [5.41, 5.74) is 16.1. The minimum absolute atomic E-state index is 0. The average molecular weight is 2490 g/mol. The fourth-order valence-corrected chi connectivity index (χ4v) is 18.7. The summed E-state index contributed by atoms with van der Waals surface area (Å²) in [5, 5.41) is 12.3. The van der Waals surface area contributed by atoms with E-state index >= 15 is 0 Å². The van der Waals surface area contributed by atoms with Crippen molar-refractivity contribution in [2.75, 3.05) is 0 Å². The van der Waals surface area contributed by atoms with E-state index in [1.165, 1.54) is 68.6 Å². The van der Waals surface area contributed by atoms with E-state index in [0.717, 1.165) is 168 Å². The molecule has 0 bridgehead atoms. The predicted molar refractivity (Wildman–Crippen MR) is 520 cm³/mol. The molecule has 0 atom stereocenters. The van der Waals surface area contributed by atoms with Gasteiger partial charge in [-0.15, -0.1) is 48.5 Å². The van der Waals surface area contributed by atoms with Gasteiger partial charge in [-0.3, -0.25) is 0 Å². The Morgan fingerprint density at radius 2 is 0.485 bits per heavy atom. The number of hydrogen-bond acceptors (Lipinski definition) is 12. The topological polar surface area (TPSA) is 123 Å². The van der Waals surface area contributed by atoms with Gasteiger partial charge < -0.3 is 18.3 Å². The number of rotatable bonds is 16. The summed E-state index contributed by atoms with van der Waals surface area (Å²) in [7, 11) is 0. The zero-order chi connectivity index (χ0) is 88.8. The van der Waals surface area contributed by atoms with Crippen LogP contribution in [0.25, 0.3) is 155 Å². The third-order valence-corrected chi connectivity index (χ3v) is 24.8. The van der Waals surface area contributed by atoms with Gasteiger partial charge in [0.05, 0.1) is 25.6 Å². The summed E-state index contributed by atoms with van der Waals surface area (Å²) < 4.78 is 39.9. The zero-order valence-electron chi connectivity index (χ0n) is 73.2. The molecular formula is C112H68N12Pt4S4.